The molecule has 3 rings (SSSR count). The van der Waals surface area contributed by atoms with Crippen LogP contribution in [0, 0.1) is 5.41 Å². The molecule has 120 valence electrons. The molecule has 0 spiro atoms. The number of ether oxygens (including phenoxy) is 1. The summed E-state index contributed by atoms with van der Waals surface area (Å²) in [5.41, 5.74) is 7.30. The first-order valence-corrected chi connectivity index (χ1v) is 7.42. The summed E-state index contributed by atoms with van der Waals surface area (Å²) in [6.07, 6.45) is 1.04. The summed E-state index contributed by atoms with van der Waals surface area (Å²) in [5.74, 6) is 0.375. The van der Waals surface area contributed by atoms with Crippen LogP contribution in [0.25, 0.3) is 0 Å². The zero-order valence-electron chi connectivity index (χ0n) is 13.4. The van der Waals surface area contributed by atoms with Crippen molar-refractivity contribution in [1.29, 1.82) is 0 Å². The molecule has 1 aromatic heterocycles. The highest BCUT2D eigenvalue weighted by Gasteiger charge is 2.36. The first kappa shape index (κ1) is 15.3. The zero-order valence-corrected chi connectivity index (χ0v) is 13.4. The number of Topliss-reactive ketones (excluding diaryl/α,β-unsaturated/α-hetero) is 1. The molecular weight excluding hydrogens is 294 g/mol. The summed E-state index contributed by atoms with van der Waals surface area (Å²) in [7, 11) is 1.56. The van der Waals surface area contributed by atoms with Crippen molar-refractivity contribution in [2.24, 2.45) is 5.41 Å². The largest absolute Gasteiger partial charge is 0.497 e. The molecule has 6 heteroatoms. The quantitative estimate of drug-likeness (QED) is 0.919. The van der Waals surface area contributed by atoms with Crippen LogP contribution >= 0.6 is 0 Å². The summed E-state index contributed by atoms with van der Waals surface area (Å²) < 4.78 is 6.21. The fourth-order valence-electron chi connectivity index (χ4n) is 2.96. The van der Waals surface area contributed by atoms with Crippen molar-refractivity contribution in [1.82, 2.24) is 9.78 Å². The Kier molecular flexibility index (Phi) is 3.47. The lowest BCUT2D eigenvalue weighted by Gasteiger charge is -2.27. The van der Waals surface area contributed by atoms with Gasteiger partial charge in [-0.05, 0) is 36.1 Å². The van der Waals surface area contributed by atoms with Gasteiger partial charge in [0, 0.05) is 12.0 Å². The zero-order chi connectivity index (χ0) is 16.8. The molecule has 2 aromatic rings. The molecule has 0 saturated heterocycles. The van der Waals surface area contributed by atoms with E-state index in [1.54, 1.807) is 31.4 Å². The maximum atomic E-state index is 12.6. The van der Waals surface area contributed by atoms with Crippen LogP contribution in [0.2, 0.25) is 0 Å². The number of anilines is 1. The van der Waals surface area contributed by atoms with Gasteiger partial charge in [-0.15, -0.1) is 0 Å². The van der Waals surface area contributed by atoms with Gasteiger partial charge < -0.3 is 10.5 Å². The van der Waals surface area contributed by atoms with Crippen LogP contribution in [0.5, 0.6) is 5.75 Å². The van der Waals surface area contributed by atoms with E-state index in [4.69, 9.17) is 10.5 Å². The van der Waals surface area contributed by atoms with E-state index in [1.165, 1.54) is 0 Å². The number of aromatic nitrogens is 2. The molecule has 6 nitrogen and oxygen atoms in total. The number of methoxy groups -OCH3 is 1. The first-order valence-electron chi connectivity index (χ1n) is 7.42. The third-order valence-electron chi connectivity index (χ3n) is 4.09. The Labute approximate surface area is 134 Å². The lowest BCUT2D eigenvalue weighted by atomic mass is 9.76. The number of ketones is 1. The van der Waals surface area contributed by atoms with Crippen LogP contribution in [-0.2, 0) is 6.42 Å². The van der Waals surface area contributed by atoms with Crippen molar-refractivity contribution in [2.75, 3.05) is 12.8 Å². The van der Waals surface area contributed by atoms with Crippen LogP contribution in [0.4, 0.5) is 5.82 Å². The Morgan fingerprint density at radius 2 is 1.91 bits per heavy atom. The Bertz CT molecular complexity index is 788. The van der Waals surface area contributed by atoms with Crippen LogP contribution in [0.15, 0.2) is 24.3 Å². The Hall–Kier alpha value is -2.63. The maximum absolute atomic E-state index is 12.6. The van der Waals surface area contributed by atoms with Crippen molar-refractivity contribution in [3.63, 3.8) is 0 Å². The average Bonchev–Trinajstić information content (AvgIpc) is 2.82. The summed E-state index contributed by atoms with van der Waals surface area (Å²) in [5, 5.41) is 4.31. The molecule has 1 aliphatic carbocycles. The van der Waals surface area contributed by atoms with Crippen molar-refractivity contribution < 1.29 is 14.3 Å². The fraction of sp³-hybridized carbons (Fsp3) is 0.353. The van der Waals surface area contributed by atoms with Gasteiger partial charge in [-0.3, -0.25) is 9.59 Å². The Morgan fingerprint density at radius 3 is 2.52 bits per heavy atom. The standard InChI is InChI=1S/C17H19N3O3/c1-17(2)8-12-14(13(21)9-17)15(18)20(19-12)16(22)10-4-6-11(23-3)7-5-10/h4-7H,8-9,18H2,1-3H3. The normalized spacial score (nSPS) is 16.0. The fourth-order valence-corrected chi connectivity index (χ4v) is 2.96. The number of rotatable bonds is 2. The third-order valence-corrected chi connectivity index (χ3v) is 4.09. The number of hydrogen-bond donors (Lipinski definition) is 1. The predicted octanol–water partition coefficient (Wildman–Crippen LogP) is 2.32. The smallest absolute Gasteiger partial charge is 0.280 e. The molecule has 1 aliphatic rings. The van der Waals surface area contributed by atoms with E-state index in [-0.39, 0.29) is 22.9 Å². The van der Waals surface area contributed by atoms with Crippen LogP contribution in [0.3, 0.4) is 0 Å². The molecular formula is C17H19N3O3. The topological polar surface area (TPSA) is 87.2 Å². The van der Waals surface area contributed by atoms with Crippen LogP contribution < -0.4 is 10.5 Å². The molecule has 0 amide bonds. The van der Waals surface area contributed by atoms with Crippen molar-refractivity contribution in [3.05, 3.63) is 41.1 Å². The molecule has 1 aromatic carbocycles. The molecule has 0 bridgehead atoms. The second kappa shape index (κ2) is 5.22. The van der Waals surface area contributed by atoms with E-state index < -0.39 is 0 Å². The van der Waals surface area contributed by atoms with Gasteiger partial charge in [0.15, 0.2) is 5.78 Å². The van der Waals surface area contributed by atoms with Gasteiger partial charge in [-0.25, -0.2) is 0 Å². The molecule has 0 unspecified atom stereocenters. The number of nitrogen functional groups attached to an aromatic ring is 1. The lowest BCUT2D eigenvalue weighted by Crippen LogP contribution is -2.26. The molecule has 0 fully saturated rings. The van der Waals surface area contributed by atoms with E-state index in [0.29, 0.717) is 35.4 Å². The highest BCUT2D eigenvalue weighted by molar-refractivity contribution is 6.06. The van der Waals surface area contributed by atoms with Crippen molar-refractivity contribution in [3.8, 4) is 5.75 Å². The molecule has 1 heterocycles. The van der Waals surface area contributed by atoms with Gasteiger partial charge in [-0.2, -0.15) is 9.78 Å². The van der Waals surface area contributed by atoms with Crippen LogP contribution in [0.1, 0.15) is 46.7 Å². The molecule has 0 saturated carbocycles. The highest BCUT2D eigenvalue weighted by atomic mass is 16.5. The molecule has 23 heavy (non-hydrogen) atoms. The highest BCUT2D eigenvalue weighted by Crippen LogP contribution is 2.36. The number of carbonyl (C=O) groups is 2. The van der Waals surface area contributed by atoms with Gasteiger partial charge >= 0.3 is 0 Å². The summed E-state index contributed by atoms with van der Waals surface area (Å²) in [4.78, 5) is 24.9. The van der Waals surface area contributed by atoms with Crippen molar-refractivity contribution >= 4 is 17.5 Å². The molecule has 0 atom stereocenters. The van der Waals surface area contributed by atoms with E-state index in [9.17, 15) is 9.59 Å². The second-order valence-corrected chi connectivity index (χ2v) is 6.59. The van der Waals surface area contributed by atoms with E-state index in [1.807, 2.05) is 13.8 Å². The van der Waals surface area contributed by atoms with Gasteiger partial charge in [0.1, 0.15) is 11.6 Å². The van der Waals surface area contributed by atoms with Crippen LogP contribution in [-0.4, -0.2) is 28.6 Å². The summed E-state index contributed by atoms with van der Waals surface area (Å²) in [6.45, 7) is 4.02. The summed E-state index contributed by atoms with van der Waals surface area (Å²) in [6, 6.07) is 6.68. The number of carbonyl (C=O) groups excluding carboxylic acids is 2. The minimum Gasteiger partial charge on any atom is -0.497 e. The van der Waals surface area contributed by atoms with Gasteiger partial charge in [0.2, 0.25) is 0 Å². The minimum atomic E-state index is -0.356. The lowest BCUT2D eigenvalue weighted by molar-refractivity contribution is 0.0910. The van der Waals surface area contributed by atoms with E-state index in [2.05, 4.69) is 5.10 Å². The number of nitrogens with zero attached hydrogens (tertiary/aromatic N) is 2. The van der Waals surface area contributed by atoms with Gasteiger partial charge in [-0.1, -0.05) is 13.8 Å². The average molecular weight is 313 g/mol. The van der Waals surface area contributed by atoms with Gasteiger partial charge in [0.25, 0.3) is 5.91 Å². The Morgan fingerprint density at radius 1 is 1.26 bits per heavy atom. The third kappa shape index (κ3) is 2.60. The van der Waals surface area contributed by atoms with Crippen molar-refractivity contribution in [2.45, 2.75) is 26.7 Å². The number of hydrogen-bond acceptors (Lipinski definition) is 5. The molecule has 0 radical (unpaired) electrons. The Balaban J connectivity index is 2.01. The minimum absolute atomic E-state index is 0.0532. The second-order valence-electron chi connectivity index (χ2n) is 6.59. The first-order chi connectivity index (χ1) is 10.8. The van der Waals surface area contributed by atoms with E-state index in [0.717, 1.165) is 4.68 Å². The number of nitrogens with two attached hydrogens (primary N) is 1. The van der Waals surface area contributed by atoms with Gasteiger partial charge in [0.05, 0.1) is 18.4 Å². The number of fused-ring (bicyclic) bond motifs is 1. The predicted molar refractivity (Wildman–Crippen MR) is 85.8 cm³/mol. The summed E-state index contributed by atoms with van der Waals surface area (Å²) >= 11 is 0. The van der Waals surface area contributed by atoms with E-state index >= 15 is 0 Å². The molecule has 0 aliphatic heterocycles. The monoisotopic (exact) mass is 313 g/mol. The molecule has 2 N–H and O–H groups in total. The number of benzene rings is 1. The SMILES string of the molecule is COc1ccc(C(=O)n2nc3c(c2N)C(=O)CC(C)(C)C3)cc1. The maximum Gasteiger partial charge on any atom is 0.280 e.